The molecule has 1 aliphatic rings. The van der Waals surface area contributed by atoms with E-state index in [0.717, 1.165) is 21.2 Å². The third-order valence-electron chi connectivity index (χ3n) is 5.35. The summed E-state index contributed by atoms with van der Waals surface area (Å²) in [5.41, 5.74) is -0.0631. The zero-order chi connectivity index (χ0) is 20.4. The molecule has 0 aromatic heterocycles. The van der Waals surface area contributed by atoms with Crippen LogP contribution >= 0.6 is 0 Å². The molecule has 4 rings (SSSR count). The van der Waals surface area contributed by atoms with E-state index in [4.69, 9.17) is 4.74 Å². The largest absolute Gasteiger partial charge is 0.480 e. The van der Waals surface area contributed by atoms with Crippen LogP contribution in [0.15, 0.2) is 72.8 Å². The van der Waals surface area contributed by atoms with Crippen molar-refractivity contribution in [3.63, 3.8) is 0 Å². The molecule has 3 aromatic rings. The summed E-state index contributed by atoms with van der Waals surface area (Å²) >= 11 is 0. The summed E-state index contributed by atoms with van der Waals surface area (Å²) in [7, 11) is 0. The maximum absolute atomic E-state index is 12.6. The zero-order valence-electron chi connectivity index (χ0n) is 15.7. The Morgan fingerprint density at radius 2 is 1.69 bits per heavy atom. The van der Waals surface area contributed by atoms with Crippen molar-refractivity contribution < 1.29 is 24.5 Å². The fraction of sp³-hybridized carbons (Fsp3) is 0.217. The molecule has 1 heterocycles. The molecule has 0 saturated carbocycles. The number of carbonyl (C=O) groups excluding carboxylic acids is 1. The van der Waals surface area contributed by atoms with Gasteiger partial charge in [-0.05, 0) is 21.9 Å². The summed E-state index contributed by atoms with van der Waals surface area (Å²) in [6.07, 6.45) is -0.853. The molecule has 6 heteroatoms. The van der Waals surface area contributed by atoms with E-state index in [2.05, 4.69) is 0 Å². The molecule has 3 aromatic carbocycles. The standard InChI is InChI=1S/C23H21NO5/c25-21(26)20-13-23(28,19-12-6-10-17-9-4-5-11-18(17)19)15-24(20)22(27)29-14-16-7-2-1-3-8-16/h1-12,20,28H,13-15H2,(H,25,26)/t20-,23?/m0/s1. The topological polar surface area (TPSA) is 87.1 Å². The van der Waals surface area contributed by atoms with Gasteiger partial charge >= 0.3 is 12.1 Å². The van der Waals surface area contributed by atoms with Gasteiger partial charge in [-0.1, -0.05) is 72.8 Å². The van der Waals surface area contributed by atoms with Crippen LogP contribution in [-0.2, 0) is 21.7 Å². The van der Waals surface area contributed by atoms with Gasteiger partial charge in [-0.15, -0.1) is 0 Å². The Morgan fingerprint density at radius 3 is 2.45 bits per heavy atom. The number of carboxylic acid groups (broad SMARTS) is 1. The number of fused-ring (bicyclic) bond motifs is 1. The maximum Gasteiger partial charge on any atom is 0.410 e. The lowest BCUT2D eigenvalue weighted by atomic mass is 9.87. The summed E-state index contributed by atoms with van der Waals surface area (Å²) in [4.78, 5) is 25.6. The molecule has 29 heavy (non-hydrogen) atoms. The molecule has 0 aliphatic carbocycles. The van der Waals surface area contributed by atoms with Crippen LogP contribution in [0.5, 0.6) is 0 Å². The molecule has 1 fully saturated rings. The second kappa shape index (κ2) is 7.56. The number of likely N-dealkylation sites (tertiary alicyclic amines) is 1. The smallest absolute Gasteiger partial charge is 0.410 e. The Bertz CT molecular complexity index is 1050. The fourth-order valence-corrected chi connectivity index (χ4v) is 3.93. The van der Waals surface area contributed by atoms with Crippen LogP contribution in [-0.4, -0.2) is 39.8 Å². The highest BCUT2D eigenvalue weighted by Crippen LogP contribution is 2.39. The first-order valence-electron chi connectivity index (χ1n) is 9.39. The molecular weight excluding hydrogens is 370 g/mol. The highest BCUT2D eigenvalue weighted by atomic mass is 16.6. The zero-order valence-corrected chi connectivity index (χ0v) is 15.7. The third kappa shape index (κ3) is 3.67. The van der Waals surface area contributed by atoms with Crippen molar-refractivity contribution in [1.29, 1.82) is 0 Å². The molecule has 1 unspecified atom stereocenters. The molecule has 1 saturated heterocycles. The summed E-state index contributed by atoms with van der Waals surface area (Å²) in [5.74, 6) is -1.17. The second-order valence-corrected chi connectivity index (χ2v) is 7.28. The molecule has 2 N–H and O–H groups in total. The number of ether oxygens (including phenoxy) is 1. The number of nitrogens with zero attached hydrogens (tertiary/aromatic N) is 1. The van der Waals surface area contributed by atoms with Gasteiger partial charge in [0.25, 0.3) is 0 Å². The van der Waals surface area contributed by atoms with Crippen LogP contribution in [0.2, 0.25) is 0 Å². The number of benzene rings is 3. The molecular formula is C23H21NO5. The van der Waals surface area contributed by atoms with Gasteiger partial charge < -0.3 is 14.9 Å². The van der Waals surface area contributed by atoms with Crippen LogP contribution in [0.4, 0.5) is 4.79 Å². The van der Waals surface area contributed by atoms with Gasteiger partial charge in [0.1, 0.15) is 18.2 Å². The van der Waals surface area contributed by atoms with E-state index >= 15 is 0 Å². The third-order valence-corrected chi connectivity index (χ3v) is 5.35. The van der Waals surface area contributed by atoms with Gasteiger partial charge in [0.15, 0.2) is 0 Å². The minimum absolute atomic E-state index is 0.0369. The van der Waals surface area contributed by atoms with Crippen molar-refractivity contribution in [2.24, 2.45) is 0 Å². The number of aliphatic hydroxyl groups is 1. The van der Waals surface area contributed by atoms with Gasteiger partial charge in [-0.2, -0.15) is 0 Å². The van der Waals surface area contributed by atoms with Crippen molar-refractivity contribution in [3.05, 3.63) is 83.9 Å². The Hall–Kier alpha value is -3.38. The molecule has 1 aliphatic heterocycles. The van der Waals surface area contributed by atoms with E-state index in [1.807, 2.05) is 66.7 Å². The molecule has 0 radical (unpaired) electrons. The van der Waals surface area contributed by atoms with Crippen LogP contribution in [0.25, 0.3) is 10.8 Å². The maximum atomic E-state index is 12.6. The Morgan fingerprint density at radius 1 is 1.00 bits per heavy atom. The number of rotatable bonds is 4. The molecule has 0 spiro atoms. The van der Waals surface area contributed by atoms with Gasteiger partial charge in [0.05, 0.1) is 6.54 Å². The lowest BCUT2D eigenvalue weighted by Gasteiger charge is -2.25. The van der Waals surface area contributed by atoms with Crippen LogP contribution in [0.3, 0.4) is 0 Å². The van der Waals surface area contributed by atoms with Crippen LogP contribution in [0, 0.1) is 0 Å². The normalized spacial score (nSPS) is 21.3. The van der Waals surface area contributed by atoms with Gasteiger partial charge in [-0.3, -0.25) is 4.90 Å². The van der Waals surface area contributed by atoms with Crippen molar-refractivity contribution in [2.75, 3.05) is 6.54 Å². The van der Waals surface area contributed by atoms with Gasteiger partial charge in [0.2, 0.25) is 0 Å². The molecule has 1 amide bonds. The first kappa shape index (κ1) is 19.0. The van der Waals surface area contributed by atoms with E-state index in [1.54, 1.807) is 6.07 Å². The van der Waals surface area contributed by atoms with E-state index in [-0.39, 0.29) is 19.6 Å². The van der Waals surface area contributed by atoms with Crippen molar-refractivity contribution in [1.82, 2.24) is 4.90 Å². The van der Waals surface area contributed by atoms with Crippen molar-refractivity contribution in [3.8, 4) is 0 Å². The SMILES string of the molecule is O=C(O)[C@@H]1CC(O)(c2cccc3ccccc23)CN1C(=O)OCc1ccccc1. The average Bonchev–Trinajstić information content (AvgIpc) is 3.11. The number of hydrogen-bond acceptors (Lipinski definition) is 4. The van der Waals surface area contributed by atoms with Crippen LogP contribution < -0.4 is 0 Å². The number of carboxylic acids is 1. The first-order chi connectivity index (χ1) is 14.0. The second-order valence-electron chi connectivity index (χ2n) is 7.28. The first-order valence-corrected chi connectivity index (χ1v) is 9.39. The summed E-state index contributed by atoms with van der Waals surface area (Å²) in [6.45, 7) is -0.110. The Kier molecular flexibility index (Phi) is 4.94. The molecule has 0 bridgehead atoms. The number of amides is 1. The molecule has 148 valence electrons. The predicted octanol–water partition coefficient (Wildman–Crippen LogP) is 3.52. The van der Waals surface area contributed by atoms with Crippen molar-refractivity contribution >= 4 is 22.8 Å². The fourth-order valence-electron chi connectivity index (χ4n) is 3.93. The van der Waals surface area contributed by atoms with E-state index in [0.29, 0.717) is 5.56 Å². The summed E-state index contributed by atoms with van der Waals surface area (Å²) in [5, 5.41) is 22.8. The number of β-amino-alcohol motifs (C(OH)–C–C–N with tert-alkyl or cyclic N) is 1. The van der Waals surface area contributed by atoms with Gasteiger partial charge in [0, 0.05) is 6.42 Å². The minimum Gasteiger partial charge on any atom is -0.480 e. The average molecular weight is 391 g/mol. The van der Waals surface area contributed by atoms with Crippen molar-refractivity contribution in [2.45, 2.75) is 24.7 Å². The van der Waals surface area contributed by atoms with Crippen LogP contribution in [0.1, 0.15) is 17.5 Å². The highest BCUT2D eigenvalue weighted by Gasteiger charge is 2.50. The quantitative estimate of drug-likeness (QED) is 0.711. The van der Waals surface area contributed by atoms with E-state index in [9.17, 15) is 19.8 Å². The lowest BCUT2D eigenvalue weighted by molar-refractivity contribution is -0.141. The highest BCUT2D eigenvalue weighted by molar-refractivity contribution is 5.87. The molecule has 2 atom stereocenters. The monoisotopic (exact) mass is 391 g/mol. The van der Waals surface area contributed by atoms with E-state index in [1.165, 1.54) is 0 Å². The van der Waals surface area contributed by atoms with Gasteiger partial charge in [-0.25, -0.2) is 9.59 Å². The van der Waals surface area contributed by atoms with E-state index < -0.39 is 23.7 Å². The number of aliphatic carboxylic acids is 1. The lowest BCUT2D eigenvalue weighted by Crippen LogP contribution is -2.41. The Labute approximate surface area is 168 Å². The molecule has 6 nitrogen and oxygen atoms in total. The predicted molar refractivity (Wildman–Crippen MR) is 107 cm³/mol. The summed E-state index contributed by atoms with van der Waals surface area (Å²) in [6, 6.07) is 21.1. The summed E-state index contributed by atoms with van der Waals surface area (Å²) < 4.78 is 5.32. The number of hydrogen-bond donors (Lipinski definition) is 2. The minimum atomic E-state index is -1.48. The number of carbonyl (C=O) groups is 2. The Balaban J connectivity index is 1.60.